The Morgan fingerprint density at radius 1 is 0.542 bits per heavy atom. The normalized spacial score (nSPS) is 18.7. The van der Waals surface area contributed by atoms with Gasteiger partial charge in [-0.25, -0.2) is 33.1 Å². The van der Waals surface area contributed by atoms with Gasteiger partial charge in [0.2, 0.25) is 46.1 Å². The van der Waals surface area contributed by atoms with E-state index in [1.165, 1.54) is 5.69 Å². The maximum atomic E-state index is 14.4. The Labute approximate surface area is 494 Å². The number of amides is 5. The number of nitrogens with two attached hydrogens (primary N) is 4. The van der Waals surface area contributed by atoms with Crippen LogP contribution < -0.4 is 53.2 Å². The van der Waals surface area contributed by atoms with Crippen molar-refractivity contribution in [3.8, 4) is 0 Å². The standard InChI is InChI=1S/C22H28FN7O2.C12H17N3O.C10H12ClFN4O.C6H12N2O.C4HCl2FN2/c1-15(31)28-9-11-29(12-10-28)18-6-4-17(5-7-18)26-22-25-13-19(23)21(27-22)30-8-2-3-16(14-30)20(24)32;1-10(16)14-6-8-15(9-7-14)12-4-2-11(13)3-5-12;11-10-14-4-7(12)9(15-10)16-3-1-2-6(5-16)8(13)17;7-6(9)5-2-1-3-8-4-5;5-3-2(7)1-8-4(6)9-3/h4-7,13,16H,2-3,8-12,14H2,1H3,(H2,24,32)(H,25,26,27);2-5H,6-9,13H2,1H3;4,6H,1-3,5H2,(H2,13,17);5,8H,1-4H2,(H2,7,9);1H. The third kappa shape index (κ3) is 20.1. The fraction of sp³-hybridized carbons (Fsp3) is 0.463. The second-order valence-electron chi connectivity index (χ2n) is 20.0. The molecule has 5 aliphatic rings. The molecule has 0 aliphatic carbocycles. The van der Waals surface area contributed by atoms with Gasteiger partial charge in [0, 0.05) is 122 Å². The molecule has 2 aromatic carbocycles. The lowest BCUT2D eigenvalue weighted by Crippen LogP contribution is -2.48. The van der Waals surface area contributed by atoms with Crippen LogP contribution in [-0.4, -0.2) is 161 Å². The van der Waals surface area contributed by atoms with Crippen LogP contribution in [0, 0.1) is 35.2 Å². The SMILES string of the molecule is CC(=O)N1CCN(c2ccc(N)cc2)CC1.CC(=O)N1CCN(c2ccc(Nc3ncc(F)c(N4CCCC(C(N)=O)C4)n3)cc2)CC1.Fc1cnc(Cl)nc1Cl.NC(=O)C1CCCN(c2nc(Cl)ncc2F)C1.NC(=O)C1CCCNC1. The molecule has 3 atom stereocenters. The molecule has 3 aromatic heterocycles. The van der Waals surface area contributed by atoms with Crippen molar-refractivity contribution in [2.75, 3.05) is 122 Å². The van der Waals surface area contributed by atoms with E-state index in [0.29, 0.717) is 45.7 Å². The molecule has 8 heterocycles. The number of nitrogen functional groups attached to an aromatic ring is 1. The van der Waals surface area contributed by atoms with Crippen molar-refractivity contribution in [3.63, 3.8) is 0 Å². The van der Waals surface area contributed by atoms with Crippen molar-refractivity contribution < 1.29 is 37.1 Å². The fourth-order valence-corrected chi connectivity index (χ4v) is 9.99. The van der Waals surface area contributed by atoms with Crippen molar-refractivity contribution in [2.45, 2.75) is 52.4 Å². The van der Waals surface area contributed by atoms with E-state index >= 15 is 0 Å². The molecule has 3 unspecified atom stereocenters. The van der Waals surface area contributed by atoms with Crippen molar-refractivity contribution >= 4 is 105 Å². The number of benzene rings is 2. The average molecular weight is 1210 g/mol. The monoisotopic (exact) mass is 1210 g/mol. The van der Waals surface area contributed by atoms with Crippen LogP contribution in [0.5, 0.6) is 0 Å². The lowest BCUT2D eigenvalue weighted by atomic mass is 9.97. The second-order valence-corrected chi connectivity index (χ2v) is 21.1. The molecule has 5 amide bonds. The van der Waals surface area contributed by atoms with Gasteiger partial charge in [-0.3, -0.25) is 24.0 Å². The lowest BCUT2D eigenvalue weighted by molar-refractivity contribution is -0.129. The summed E-state index contributed by atoms with van der Waals surface area (Å²) in [4.78, 5) is 90.0. The molecule has 0 spiro atoms. The number of halogens is 6. The van der Waals surface area contributed by atoms with E-state index in [1.54, 1.807) is 23.6 Å². The van der Waals surface area contributed by atoms with Gasteiger partial charge in [-0.15, -0.1) is 0 Å². The van der Waals surface area contributed by atoms with Crippen LogP contribution in [0.3, 0.4) is 0 Å². The van der Waals surface area contributed by atoms with Crippen LogP contribution in [0.4, 0.5) is 53.5 Å². The zero-order chi connectivity index (χ0) is 60.2. The van der Waals surface area contributed by atoms with Crippen molar-refractivity contribution in [1.82, 2.24) is 45.0 Å². The Balaban J connectivity index is 0.000000183. The lowest BCUT2D eigenvalue weighted by Gasteiger charge is -2.35. The largest absolute Gasteiger partial charge is 0.399 e. The van der Waals surface area contributed by atoms with E-state index in [-0.39, 0.29) is 80.6 Å². The molecule has 10 N–H and O–H groups in total. The third-order valence-electron chi connectivity index (χ3n) is 14.2. The number of rotatable bonds is 9. The highest BCUT2D eigenvalue weighted by Crippen LogP contribution is 2.28. The number of carbonyl (C=O) groups is 5. The summed E-state index contributed by atoms with van der Waals surface area (Å²) in [5, 5.41) is 5.91. The first-order valence-electron chi connectivity index (χ1n) is 27.0. The molecule has 10 rings (SSSR count). The molecule has 0 saturated carbocycles. The van der Waals surface area contributed by atoms with Gasteiger partial charge in [0.1, 0.15) is 0 Å². The van der Waals surface area contributed by atoms with E-state index in [1.807, 2.05) is 58.3 Å². The smallest absolute Gasteiger partial charge is 0.229 e. The van der Waals surface area contributed by atoms with Crippen LogP contribution in [0.25, 0.3) is 0 Å². The van der Waals surface area contributed by atoms with E-state index in [2.05, 4.69) is 50.3 Å². The first-order chi connectivity index (χ1) is 39.6. The van der Waals surface area contributed by atoms with Gasteiger partial charge in [-0.2, -0.15) is 9.97 Å². The zero-order valence-electron chi connectivity index (χ0n) is 46.2. The third-order valence-corrected chi connectivity index (χ3v) is 14.9. The Kier molecular flexibility index (Phi) is 24.7. The molecule has 5 saturated heterocycles. The summed E-state index contributed by atoms with van der Waals surface area (Å²) < 4.78 is 40.1. The number of nitrogens with one attached hydrogen (secondary N) is 2. The van der Waals surface area contributed by atoms with Gasteiger partial charge in [-0.05, 0) is 117 Å². The average Bonchev–Trinajstić information content (AvgIpc) is 3.68. The molecule has 5 aliphatic heterocycles. The summed E-state index contributed by atoms with van der Waals surface area (Å²) in [6.07, 6.45) is 8.08. The molecule has 23 nitrogen and oxygen atoms in total. The maximum absolute atomic E-state index is 14.4. The molecule has 5 fully saturated rings. The van der Waals surface area contributed by atoms with E-state index in [0.717, 1.165) is 120 Å². The molecule has 0 bridgehead atoms. The number of hydrogen-bond acceptors (Lipinski definition) is 18. The number of piperidine rings is 3. The van der Waals surface area contributed by atoms with Crippen LogP contribution >= 0.6 is 34.8 Å². The summed E-state index contributed by atoms with van der Waals surface area (Å²) in [6.45, 7) is 13.4. The van der Waals surface area contributed by atoms with Crippen molar-refractivity contribution in [3.05, 3.63) is 100 Å². The minimum atomic E-state index is -0.666. The predicted molar refractivity (Wildman–Crippen MR) is 314 cm³/mol. The Bertz CT molecular complexity index is 2960. The minimum absolute atomic E-state index is 0.0115. The Hall–Kier alpha value is -7.55. The van der Waals surface area contributed by atoms with E-state index in [9.17, 15) is 37.1 Å². The highest BCUT2D eigenvalue weighted by atomic mass is 35.5. The van der Waals surface area contributed by atoms with Crippen LogP contribution in [0.15, 0.2) is 67.1 Å². The fourth-order valence-electron chi connectivity index (χ4n) is 9.55. The summed E-state index contributed by atoms with van der Waals surface area (Å²) in [6, 6.07) is 15.7. The number of primary amides is 3. The van der Waals surface area contributed by atoms with Gasteiger partial charge in [-0.1, -0.05) is 11.6 Å². The van der Waals surface area contributed by atoms with Gasteiger partial charge in [0.25, 0.3) is 0 Å². The Morgan fingerprint density at radius 2 is 0.976 bits per heavy atom. The van der Waals surface area contributed by atoms with E-state index < -0.39 is 17.5 Å². The van der Waals surface area contributed by atoms with Crippen LogP contribution in [-0.2, 0) is 24.0 Å². The Morgan fingerprint density at radius 3 is 1.40 bits per heavy atom. The van der Waals surface area contributed by atoms with Crippen LogP contribution in [0.1, 0.15) is 52.4 Å². The first kappa shape index (κ1) is 64.6. The molecule has 0 radical (unpaired) electrons. The number of aromatic nitrogens is 6. The number of piperazine rings is 2. The minimum Gasteiger partial charge on any atom is -0.399 e. The first-order valence-corrected chi connectivity index (χ1v) is 28.1. The molecular weight excluding hydrogens is 1140 g/mol. The van der Waals surface area contributed by atoms with Gasteiger partial charge in [0.15, 0.2) is 34.2 Å². The maximum Gasteiger partial charge on any atom is 0.229 e. The highest BCUT2D eigenvalue weighted by molar-refractivity contribution is 6.31. The number of hydrogen-bond donors (Lipinski definition) is 6. The van der Waals surface area contributed by atoms with Gasteiger partial charge < -0.3 is 63.0 Å². The summed E-state index contributed by atoms with van der Waals surface area (Å²) in [5.74, 6) is -2.26. The second kappa shape index (κ2) is 31.8. The van der Waals surface area contributed by atoms with Crippen molar-refractivity contribution in [1.29, 1.82) is 0 Å². The molecule has 29 heteroatoms. The van der Waals surface area contributed by atoms with E-state index in [4.69, 9.17) is 57.7 Å². The quantitative estimate of drug-likeness (QED) is 0.0640. The number of nitrogens with zero attached hydrogens (tertiary/aromatic N) is 12. The topological polar surface area (TPSA) is 310 Å². The van der Waals surface area contributed by atoms with Gasteiger partial charge >= 0.3 is 0 Å². The van der Waals surface area contributed by atoms with Gasteiger partial charge in [0.05, 0.1) is 36.3 Å². The predicted octanol–water partition coefficient (Wildman–Crippen LogP) is 5.03. The number of anilines is 7. The molecular formula is C54H70Cl3F3N18O5. The summed E-state index contributed by atoms with van der Waals surface area (Å²) in [7, 11) is 0. The van der Waals surface area contributed by atoms with Crippen molar-refractivity contribution in [2.24, 2.45) is 35.0 Å². The summed E-state index contributed by atoms with van der Waals surface area (Å²) >= 11 is 16.1. The zero-order valence-corrected chi connectivity index (χ0v) is 48.5. The highest BCUT2D eigenvalue weighted by Gasteiger charge is 2.29. The molecule has 448 valence electrons. The summed E-state index contributed by atoms with van der Waals surface area (Å²) in [5.41, 5.74) is 25.2. The number of carbonyl (C=O) groups excluding carboxylic acids is 5. The van der Waals surface area contributed by atoms with Crippen LogP contribution in [0.2, 0.25) is 15.7 Å². The molecule has 5 aromatic rings. The molecule has 83 heavy (non-hydrogen) atoms.